The number of fused-ring (bicyclic) bond motifs is 1. The number of benzene rings is 1. The third-order valence-electron chi connectivity index (χ3n) is 3.01. The highest BCUT2D eigenvalue weighted by Crippen LogP contribution is 2.18. The number of nitrogens with one attached hydrogen (secondary N) is 4. The smallest absolute Gasteiger partial charge is 0.351 e. The molecule has 0 unspecified atom stereocenters. The molecule has 1 amide bonds. The minimum Gasteiger partial charge on any atom is -0.351 e. The van der Waals surface area contributed by atoms with Gasteiger partial charge in [0, 0.05) is 6.54 Å². The highest BCUT2D eigenvalue weighted by molar-refractivity contribution is 8.00. The molecule has 0 saturated heterocycles. The van der Waals surface area contributed by atoms with Crippen LogP contribution in [-0.4, -0.2) is 26.6 Å². The van der Waals surface area contributed by atoms with Gasteiger partial charge in [0.05, 0.1) is 12.1 Å². The molecular weight excluding hydrogens is 302 g/mol. The van der Waals surface area contributed by atoms with Gasteiger partial charge in [-0.25, -0.2) is 0 Å². The van der Waals surface area contributed by atoms with Crippen molar-refractivity contribution in [2.24, 2.45) is 0 Å². The zero-order chi connectivity index (χ0) is 15.4. The van der Waals surface area contributed by atoms with Crippen LogP contribution >= 0.6 is 11.8 Å². The van der Waals surface area contributed by atoms with Crippen LogP contribution in [0.5, 0.6) is 0 Å². The Bertz CT molecular complexity index is 843. The molecule has 0 aliphatic heterocycles. The molecule has 2 heterocycles. The molecule has 0 aliphatic rings. The lowest BCUT2D eigenvalue weighted by Gasteiger charge is -2.04. The second kappa shape index (κ2) is 6.44. The van der Waals surface area contributed by atoms with E-state index in [1.807, 2.05) is 30.3 Å². The Morgan fingerprint density at radius 1 is 1.32 bits per heavy atom. The Morgan fingerprint density at radius 3 is 2.95 bits per heavy atom. The maximum Gasteiger partial charge on any atom is 0.496 e. The number of hydrogen-bond donors (Lipinski definition) is 3. The van der Waals surface area contributed by atoms with Gasteiger partial charge in [0.15, 0.2) is 10.5 Å². The van der Waals surface area contributed by atoms with E-state index in [4.69, 9.17) is 0 Å². The normalized spacial score (nSPS) is 10.7. The van der Waals surface area contributed by atoms with Gasteiger partial charge in [-0.1, -0.05) is 42.1 Å². The first-order valence-corrected chi connectivity index (χ1v) is 7.63. The van der Waals surface area contributed by atoms with Gasteiger partial charge < -0.3 is 10.3 Å². The fraction of sp³-hybridized carbons (Fsp3) is 0.143. The Morgan fingerprint density at radius 2 is 2.14 bits per heavy atom. The van der Waals surface area contributed by atoms with Crippen LogP contribution in [0.15, 0.2) is 46.5 Å². The van der Waals surface area contributed by atoms with E-state index in [9.17, 15) is 9.59 Å². The molecule has 0 spiro atoms. The molecule has 0 aliphatic carbocycles. The van der Waals surface area contributed by atoms with E-state index in [1.165, 1.54) is 18.1 Å². The molecule has 112 valence electrons. The van der Waals surface area contributed by atoms with Crippen molar-refractivity contribution in [2.45, 2.75) is 11.6 Å². The molecule has 0 saturated carbocycles. The SMILES string of the molecule is O=C(CSc1[nH+]c(=O)[nH]c2nc[nH]c12)NCc1ccccc1. The molecule has 4 N–H and O–H groups in total. The minimum absolute atomic E-state index is 0.102. The van der Waals surface area contributed by atoms with Crippen LogP contribution in [0.25, 0.3) is 11.2 Å². The Labute approximate surface area is 129 Å². The van der Waals surface area contributed by atoms with Crippen LogP contribution in [0.2, 0.25) is 0 Å². The number of amides is 1. The standard InChI is InChI=1S/C14H13N5O2S/c20-10(15-6-9-4-2-1-3-5-9)7-22-13-11-12(17-8-16-11)18-14(21)19-13/h1-5,8H,6-7H2,(H,15,20)(H2,16,17,18,19,21)/p+1. The van der Waals surface area contributed by atoms with Gasteiger partial charge in [0.25, 0.3) is 5.65 Å². The van der Waals surface area contributed by atoms with Gasteiger partial charge in [-0.15, -0.1) is 0 Å². The zero-order valence-corrected chi connectivity index (χ0v) is 12.4. The second-order valence-electron chi connectivity index (χ2n) is 4.59. The third-order valence-corrected chi connectivity index (χ3v) is 4.01. The molecule has 0 radical (unpaired) electrons. The molecule has 3 rings (SSSR count). The van der Waals surface area contributed by atoms with Crippen LogP contribution in [0.3, 0.4) is 0 Å². The van der Waals surface area contributed by atoms with Crippen molar-refractivity contribution in [1.82, 2.24) is 20.3 Å². The number of H-pyrrole nitrogens is 3. The largest absolute Gasteiger partial charge is 0.496 e. The first-order chi connectivity index (χ1) is 10.7. The number of aromatic nitrogens is 4. The number of carbonyl (C=O) groups excluding carboxylic acids is 1. The van der Waals surface area contributed by atoms with Crippen LogP contribution < -0.4 is 16.0 Å². The number of rotatable bonds is 5. The third kappa shape index (κ3) is 3.34. The average molecular weight is 316 g/mol. The molecule has 3 aromatic rings. The fourth-order valence-electron chi connectivity index (χ4n) is 1.96. The number of nitrogens with zero attached hydrogens (tertiary/aromatic N) is 1. The summed E-state index contributed by atoms with van der Waals surface area (Å²) in [5.74, 6) is 0.108. The summed E-state index contributed by atoms with van der Waals surface area (Å²) in [6.45, 7) is 0.485. The van der Waals surface area contributed by atoms with Crippen LogP contribution in [-0.2, 0) is 11.3 Å². The van der Waals surface area contributed by atoms with Crippen molar-refractivity contribution in [3.05, 3.63) is 52.7 Å². The maximum absolute atomic E-state index is 11.9. The summed E-state index contributed by atoms with van der Waals surface area (Å²) in [5.41, 5.74) is 1.84. The van der Waals surface area contributed by atoms with Crippen molar-refractivity contribution in [3.8, 4) is 0 Å². The van der Waals surface area contributed by atoms with Gasteiger partial charge in [-0.2, -0.15) is 19.7 Å². The number of carbonyl (C=O) groups is 1. The molecule has 0 bridgehead atoms. The highest BCUT2D eigenvalue weighted by atomic mass is 32.2. The Balaban J connectivity index is 1.60. The monoisotopic (exact) mass is 316 g/mol. The summed E-state index contributed by atoms with van der Waals surface area (Å²) in [7, 11) is 0. The average Bonchev–Trinajstić information content (AvgIpc) is 3.00. The lowest BCUT2D eigenvalue weighted by molar-refractivity contribution is -0.446. The summed E-state index contributed by atoms with van der Waals surface area (Å²) in [6.07, 6.45) is 1.49. The maximum atomic E-state index is 11.9. The molecular formula is C14H14N5O2S+. The number of aromatic amines is 3. The lowest BCUT2D eigenvalue weighted by Crippen LogP contribution is -2.32. The number of hydrogen-bond acceptors (Lipinski definition) is 4. The van der Waals surface area contributed by atoms with E-state index in [-0.39, 0.29) is 17.3 Å². The molecule has 1 aromatic carbocycles. The Kier molecular flexibility index (Phi) is 4.19. The van der Waals surface area contributed by atoms with Crippen molar-refractivity contribution >= 4 is 28.8 Å². The van der Waals surface area contributed by atoms with Gasteiger partial charge in [-0.3, -0.25) is 4.79 Å². The summed E-state index contributed by atoms with van der Waals surface area (Å²) in [6, 6.07) is 9.69. The van der Waals surface area contributed by atoms with E-state index in [0.29, 0.717) is 22.7 Å². The second-order valence-corrected chi connectivity index (χ2v) is 5.57. The molecule has 22 heavy (non-hydrogen) atoms. The van der Waals surface area contributed by atoms with E-state index >= 15 is 0 Å². The van der Waals surface area contributed by atoms with E-state index in [0.717, 1.165) is 5.56 Å². The van der Waals surface area contributed by atoms with Crippen LogP contribution in [0, 0.1) is 0 Å². The van der Waals surface area contributed by atoms with Crippen molar-refractivity contribution in [1.29, 1.82) is 0 Å². The molecule has 7 nitrogen and oxygen atoms in total. The quantitative estimate of drug-likeness (QED) is 0.470. The Hall–Kier alpha value is -2.61. The molecule has 2 aromatic heterocycles. The van der Waals surface area contributed by atoms with Gasteiger partial charge in [0.1, 0.15) is 0 Å². The predicted octanol–water partition coefficient (Wildman–Crippen LogP) is 0.474. The van der Waals surface area contributed by atoms with Crippen LogP contribution in [0.4, 0.5) is 0 Å². The van der Waals surface area contributed by atoms with Gasteiger partial charge in [0.2, 0.25) is 5.91 Å². The van der Waals surface area contributed by atoms with Crippen molar-refractivity contribution in [2.75, 3.05) is 5.75 Å². The molecule has 8 heteroatoms. The molecule has 0 fully saturated rings. The minimum atomic E-state index is -0.355. The summed E-state index contributed by atoms with van der Waals surface area (Å²) in [5, 5.41) is 3.43. The highest BCUT2D eigenvalue weighted by Gasteiger charge is 2.14. The zero-order valence-electron chi connectivity index (χ0n) is 11.6. The van der Waals surface area contributed by atoms with Gasteiger partial charge >= 0.3 is 5.69 Å². The number of imidazole rings is 1. The van der Waals surface area contributed by atoms with E-state index in [2.05, 4.69) is 25.3 Å². The van der Waals surface area contributed by atoms with E-state index < -0.39 is 0 Å². The molecule has 0 atom stereocenters. The van der Waals surface area contributed by atoms with E-state index in [1.54, 1.807) is 0 Å². The first kappa shape index (κ1) is 14.3. The summed E-state index contributed by atoms with van der Waals surface area (Å²) in [4.78, 5) is 35.5. The van der Waals surface area contributed by atoms with Crippen molar-refractivity contribution in [3.63, 3.8) is 0 Å². The first-order valence-electron chi connectivity index (χ1n) is 6.64. The predicted molar refractivity (Wildman–Crippen MR) is 82.3 cm³/mol. The van der Waals surface area contributed by atoms with Gasteiger partial charge in [-0.05, 0) is 5.56 Å². The van der Waals surface area contributed by atoms with Crippen molar-refractivity contribution < 1.29 is 9.78 Å². The number of thioether (sulfide) groups is 1. The topological polar surface area (TPSA) is 105 Å². The summed E-state index contributed by atoms with van der Waals surface area (Å²) < 4.78 is 0. The lowest BCUT2D eigenvalue weighted by atomic mass is 10.2. The summed E-state index contributed by atoms with van der Waals surface area (Å²) >= 11 is 1.25. The van der Waals surface area contributed by atoms with Crippen LogP contribution in [0.1, 0.15) is 5.56 Å². The fourth-order valence-corrected chi connectivity index (χ4v) is 2.80.